The zero-order valence-electron chi connectivity index (χ0n) is 19.0. The summed E-state index contributed by atoms with van der Waals surface area (Å²) in [4.78, 5) is 30.8. The highest BCUT2D eigenvalue weighted by Gasteiger charge is 2.51. The molecule has 2 amide bonds. The average molecular weight is 551 g/mol. The van der Waals surface area contributed by atoms with E-state index in [2.05, 4.69) is 25.6 Å². The van der Waals surface area contributed by atoms with E-state index in [1.54, 1.807) is 0 Å². The van der Waals surface area contributed by atoms with E-state index >= 15 is 0 Å². The molecule has 5 rings (SSSR count). The third-order valence-corrected chi connectivity index (χ3v) is 7.57. The summed E-state index contributed by atoms with van der Waals surface area (Å²) in [5.74, 6) is -0.371. The zero-order valence-corrected chi connectivity index (χ0v) is 20.6. The van der Waals surface area contributed by atoms with Gasteiger partial charge in [-0.1, -0.05) is 40.5 Å². The fourth-order valence-electron chi connectivity index (χ4n) is 5.73. The number of halogens is 4. The van der Waals surface area contributed by atoms with Crippen molar-refractivity contribution in [3.05, 3.63) is 59.7 Å². The molecule has 0 aromatic heterocycles. The molecule has 35 heavy (non-hydrogen) atoms. The summed E-state index contributed by atoms with van der Waals surface area (Å²) in [5, 5.41) is 0.607. The molecule has 0 saturated heterocycles. The van der Waals surface area contributed by atoms with Gasteiger partial charge in [0.2, 0.25) is 5.91 Å². The van der Waals surface area contributed by atoms with Gasteiger partial charge < -0.3 is 14.5 Å². The third-order valence-electron chi connectivity index (χ3n) is 7.17. The number of rotatable bonds is 6. The van der Waals surface area contributed by atoms with Crippen LogP contribution in [-0.4, -0.2) is 40.5 Å². The fraction of sp³-hybridized carbons (Fsp3) is 0.462. The van der Waals surface area contributed by atoms with Gasteiger partial charge in [-0.15, -0.1) is 13.2 Å². The van der Waals surface area contributed by atoms with Crippen LogP contribution < -0.4 is 9.64 Å². The number of ether oxygens (including phenoxy) is 1. The molecular weight excluding hydrogens is 525 g/mol. The first-order chi connectivity index (χ1) is 16.8. The maximum atomic E-state index is 13.7. The van der Waals surface area contributed by atoms with Crippen molar-refractivity contribution in [2.24, 2.45) is 5.92 Å². The number of carbonyl (C=O) groups is 2. The monoisotopic (exact) mass is 550 g/mol. The van der Waals surface area contributed by atoms with Crippen LogP contribution in [0.15, 0.2) is 48.5 Å². The Morgan fingerprint density at radius 3 is 2.40 bits per heavy atom. The van der Waals surface area contributed by atoms with Crippen LogP contribution in [0.4, 0.5) is 18.9 Å². The van der Waals surface area contributed by atoms with Gasteiger partial charge in [-0.3, -0.25) is 9.59 Å². The summed E-state index contributed by atoms with van der Waals surface area (Å²) in [6.45, 7) is 0. The van der Waals surface area contributed by atoms with E-state index < -0.39 is 6.36 Å². The Bertz CT molecular complexity index is 1100. The highest BCUT2D eigenvalue weighted by molar-refractivity contribution is 9.09. The number of anilines is 1. The summed E-state index contributed by atoms with van der Waals surface area (Å²) in [6, 6.07) is 12.9. The maximum Gasteiger partial charge on any atom is 0.573 e. The molecule has 2 fully saturated rings. The molecule has 1 heterocycles. The number of nitrogens with zero attached hydrogens (tertiary/aromatic N) is 2. The predicted molar refractivity (Wildman–Crippen MR) is 129 cm³/mol. The van der Waals surface area contributed by atoms with Crippen LogP contribution in [0, 0.1) is 5.92 Å². The van der Waals surface area contributed by atoms with Crippen LogP contribution in [0.1, 0.15) is 60.5 Å². The number of benzene rings is 2. The van der Waals surface area contributed by atoms with Gasteiger partial charge >= 0.3 is 6.36 Å². The minimum atomic E-state index is -4.79. The number of alkyl halides is 4. The molecular formula is C26H26BrF3N2O3. The van der Waals surface area contributed by atoms with E-state index in [1.165, 1.54) is 24.3 Å². The van der Waals surface area contributed by atoms with E-state index in [1.807, 2.05) is 29.2 Å². The van der Waals surface area contributed by atoms with Crippen LogP contribution in [0.3, 0.4) is 0 Å². The van der Waals surface area contributed by atoms with E-state index in [0.29, 0.717) is 17.3 Å². The number of para-hydroxylation sites is 1. The number of hydrogen-bond acceptors (Lipinski definition) is 3. The Balaban J connectivity index is 1.51. The third kappa shape index (κ3) is 4.79. The molecule has 5 nitrogen and oxygen atoms in total. The molecule has 186 valence electrons. The second kappa shape index (κ2) is 9.48. The Morgan fingerprint density at radius 2 is 1.74 bits per heavy atom. The van der Waals surface area contributed by atoms with Crippen molar-refractivity contribution in [1.82, 2.24) is 4.90 Å². The first kappa shape index (κ1) is 24.2. The Labute approximate surface area is 210 Å². The quantitative estimate of drug-likeness (QED) is 0.400. The standard InChI is InChI=1S/C26H26BrF3N2O3/c27-15-14-23(33)31(17-10-11-17)24-19-4-1-2-6-21(19)32(22-7-3-5-20(22)24)25(34)16-8-12-18(13-9-16)35-26(28,29)30/h1-2,4,6,8-9,12-13,17,20,22,24H,3,5,7,10-11,14-15H2. The lowest BCUT2D eigenvalue weighted by atomic mass is 9.81. The molecule has 9 heteroatoms. The van der Waals surface area contributed by atoms with E-state index in [0.717, 1.165) is 43.4 Å². The van der Waals surface area contributed by atoms with E-state index in [4.69, 9.17) is 0 Å². The van der Waals surface area contributed by atoms with Gasteiger partial charge in [-0.2, -0.15) is 0 Å². The predicted octanol–water partition coefficient (Wildman–Crippen LogP) is 6.23. The van der Waals surface area contributed by atoms with Crippen molar-refractivity contribution in [3.8, 4) is 5.75 Å². The molecule has 1 aliphatic heterocycles. The van der Waals surface area contributed by atoms with E-state index in [-0.39, 0.29) is 41.6 Å². The zero-order chi connectivity index (χ0) is 24.7. The molecule has 0 radical (unpaired) electrons. The summed E-state index contributed by atoms with van der Waals surface area (Å²) in [5.41, 5.74) is 2.04. The minimum absolute atomic E-state index is 0.0773. The summed E-state index contributed by atoms with van der Waals surface area (Å²) < 4.78 is 41.6. The van der Waals surface area contributed by atoms with Crippen LogP contribution >= 0.6 is 15.9 Å². The van der Waals surface area contributed by atoms with E-state index in [9.17, 15) is 22.8 Å². The van der Waals surface area contributed by atoms with Crippen molar-refractivity contribution < 1.29 is 27.5 Å². The molecule has 2 saturated carbocycles. The minimum Gasteiger partial charge on any atom is -0.406 e. The molecule has 3 atom stereocenters. The van der Waals surface area contributed by atoms with Crippen molar-refractivity contribution >= 4 is 33.4 Å². The van der Waals surface area contributed by atoms with Gasteiger partial charge in [-0.25, -0.2) is 0 Å². The van der Waals surface area contributed by atoms with Crippen LogP contribution in [0.2, 0.25) is 0 Å². The first-order valence-electron chi connectivity index (χ1n) is 11.9. The van der Waals surface area contributed by atoms with Crippen LogP contribution in [-0.2, 0) is 4.79 Å². The van der Waals surface area contributed by atoms with Crippen LogP contribution in [0.5, 0.6) is 5.75 Å². The molecule has 0 spiro atoms. The number of amides is 2. The Hall–Kier alpha value is -2.55. The first-order valence-corrected chi connectivity index (χ1v) is 13.1. The summed E-state index contributed by atoms with van der Waals surface area (Å²) in [7, 11) is 0. The van der Waals surface area contributed by atoms with Crippen molar-refractivity contribution in [2.45, 2.75) is 63.0 Å². The topological polar surface area (TPSA) is 49.9 Å². The lowest BCUT2D eigenvalue weighted by Gasteiger charge is -2.48. The highest BCUT2D eigenvalue weighted by atomic mass is 79.9. The van der Waals surface area contributed by atoms with Crippen LogP contribution in [0.25, 0.3) is 0 Å². The largest absolute Gasteiger partial charge is 0.573 e. The van der Waals surface area contributed by atoms with Crippen molar-refractivity contribution in [1.29, 1.82) is 0 Å². The summed E-state index contributed by atoms with van der Waals surface area (Å²) in [6.07, 6.45) is 0.328. The normalized spacial score (nSPS) is 23.4. The highest BCUT2D eigenvalue weighted by Crippen LogP contribution is 2.52. The molecule has 2 aliphatic carbocycles. The molecule has 3 aliphatic rings. The number of carbonyl (C=O) groups excluding carboxylic acids is 2. The SMILES string of the molecule is O=C(c1ccc(OC(F)(F)F)cc1)N1c2ccccc2C(N(C(=O)CCBr)C2CC2)C2CCCC21. The van der Waals surface area contributed by atoms with Gasteiger partial charge in [-0.05, 0) is 61.6 Å². The molecule has 2 aromatic carbocycles. The van der Waals surface area contributed by atoms with Gasteiger partial charge in [0.15, 0.2) is 0 Å². The molecule has 2 aromatic rings. The second-order valence-corrected chi connectivity index (χ2v) is 10.2. The molecule has 0 N–H and O–H groups in total. The second-order valence-electron chi connectivity index (χ2n) is 9.38. The number of hydrogen-bond donors (Lipinski definition) is 0. The van der Waals surface area contributed by atoms with Gasteiger partial charge in [0.25, 0.3) is 5.91 Å². The fourth-order valence-corrected chi connectivity index (χ4v) is 6.07. The smallest absolute Gasteiger partial charge is 0.406 e. The molecule has 3 unspecified atom stereocenters. The average Bonchev–Trinajstić information content (AvgIpc) is 3.53. The maximum absolute atomic E-state index is 13.7. The van der Waals surface area contributed by atoms with Crippen molar-refractivity contribution in [3.63, 3.8) is 0 Å². The Morgan fingerprint density at radius 1 is 1.03 bits per heavy atom. The van der Waals surface area contributed by atoms with Gasteiger partial charge in [0.05, 0.1) is 6.04 Å². The lowest BCUT2D eigenvalue weighted by Crippen LogP contribution is -2.52. The molecule has 0 bridgehead atoms. The van der Waals surface area contributed by atoms with Gasteiger partial charge in [0, 0.05) is 41.0 Å². The lowest BCUT2D eigenvalue weighted by molar-refractivity contribution is -0.274. The Kier molecular flexibility index (Phi) is 6.55. The van der Waals surface area contributed by atoms with Gasteiger partial charge in [0.1, 0.15) is 5.75 Å². The summed E-state index contributed by atoms with van der Waals surface area (Å²) >= 11 is 3.40. The van der Waals surface area contributed by atoms with Crippen molar-refractivity contribution in [2.75, 3.05) is 10.2 Å². The number of fused-ring (bicyclic) bond motifs is 2.